The lowest BCUT2D eigenvalue weighted by atomic mass is 10.3. The predicted octanol–water partition coefficient (Wildman–Crippen LogP) is 0.531. The van der Waals surface area contributed by atoms with Crippen LogP contribution in [0.3, 0.4) is 0 Å². The molecule has 0 atom stereocenters. The Hall–Kier alpha value is -0.910. The monoisotopic (exact) mass is 215 g/mol. The zero-order chi connectivity index (χ0) is 11.0. The standard InChI is InChI=1S/C9H15N2O2S/c1-11(2,3)8-5-4-6-9(7-8)14(10,12)13/h4-7H,1-3H3,(H2,10,12,13)/q+1. The fraction of sp³-hybridized carbons (Fsp3) is 0.333. The molecule has 2 N–H and O–H groups in total. The van der Waals surface area contributed by atoms with Gasteiger partial charge in [-0.3, -0.25) is 4.48 Å². The number of hydrogen-bond acceptors (Lipinski definition) is 2. The van der Waals surface area contributed by atoms with Gasteiger partial charge < -0.3 is 0 Å². The summed E-state index contributed by atoms with van der Waals surface area (Å²) in [7, 11) is 2.29. The number of sulfonamides is 1. The first kappa shape index (κ1) is 11.2. The molecule has 0 amide bonds. The topological polar surface area (TPSA) is 60.2 Å². The second-order valence-electron chi connectivity index (χ2n) is 4.05. The second-order valence-corrected chi connectivity index (χ2v) is 5.62. The minimum Gasteiger partial charge on any atom is -0.298 e. The molecule has 0 saturated carbocycles. The number of benzene rings is 1. The van der Waals surface area contributed by atoms with Gasteiger partial charge in [-0.1, -0.05) is 6.07 Å². The molecule has 0 heterocycles. The molecular weight excluding hydrogens is 200 g/mol. The summed E-state index contributed by atoms with van der Waals surface area (Å²) in [6.07, 6.45) is 0. The highest BCUT2D eigenvalue weighted by atomic mass is 32.2. The fourth-order valence-electron chi connectivity index (χ4n) is 1.08. The molecule has 0 aliphatic carbocycles. The van der Waals surface area contributed by atoms with E-state index in [-0.39, 0.29) is 4.90 Å². The van der Waals surface area contributed by atoms with E-state index in [0.29, 0.717) is 4.48 Å². The number of rotatable bonds is 2. The van der Waals surface area contributed by atoms with Gasteiger partial charge in [0.25, 0.3) is 0 Å². The largest absolute Gasteiger partial charge is 0.298 e. The fourth-order valence-corrected chi connectivity index (χ4v) is 1.63. The van der Waals surface area contributed by atoms with Gasteiger partial charge in [-0.2, -0.15) is 0 Å². The Balaban J connectivity index is 3.29. The van der Waals surface area contributed by atoms with Crippen molar-refractivity contribution in [3.8, 4) is 0 Å². The minimum atomic E-state index is -3.60. The first-order chi connectivity index (χ1) is 6.21. The second kappa shape index (κ2) is 3.34. The molecule has 0 aliphatic rings. The molecule has 0 radical (unpaired) electrons. The van der Waals surface area contributed by atoms with E-state index in [1.165, 1.54) is 6.07 Å². The van der Waals surface area contributed by atoms with Crippen molar-refractivity contribution in [1.29, 1.82) is 0 Å². The molecule has 0 aromatic heterocycles. The van der Waals surface area contributed by atoms with Gasteiger partial charge in [0.15, 0.2) is 0 Å². The van der Waals surface area contributed by atoms with Gasteiger partial charge in [-0.05, 0) is 12.1 Å². The zero-order valence-corrected chi connectivity index (χ0v) is 9.38. The van der Waals surface area contributed by atoms with E-state index < -0.39 is 10.0 Å². The van der Waals surface area contributed by atoms with Crippen LogP contribution in [0.1, 0.15) is 0 Å². The number of nitrogens with two attached hydrogens (primary N) is 1. The molecular formula is C9H15N2O2S+. The minimum absolute atomic E-state index is 0.156. The van der Waals surface area contributed by atoms with Crippen LogP contribution in [-0.2, 0) is 10.0 Å². The van der Waals surface area contributed by atoms with Gasteiger partial charge in [0.05, 0.1) is 26.0 Å². The van der Waals surface area contributed by atoms with Crippen LogP contribution in [0.4, 0.5) is 5.69 Å². The Morgan fingerprint density at radius 2 is 1.79 bits per heavy atom. The van der Waals surface area contributed by atoms with E-state index >= 15 is 0 Å². The Kier molecular flexibility index (Phi) is 2.67. The first-order valence-corrected chi connectivity index (χ1v) is 5.71. The molecule has 4 nitrogen and oxygen atoms in total. The van der Waals surface area contributed by atoms with Crippen LogP contribution in [0.25, 0.3) is 0 Å². The third kappa shape index (κ3) is 2.54. The van der Waals surface area contributed by atoms with Crippen molar-refractivity contribution in [3.63, 3.8) is 0 Å². The highest BCUT2D eigenvalue weighted by Gasteiger charge is 2.15. The van der Waals surface area contributed by atoms with Gasteiger partial charge in [0.2, 0.25) is 10.0 Å². The van der Waals surface area contributed by atoms with E-state index in [4.69, 9.17) is 5.14 Å². The molecule has 0 saturated heterocycles. The Morgan fingerprint density at radius 1 is 1.21 bits per heavy atom. The summed E-state index contributed by atoms with van der Waals surface area (Å²) in [5.41, 5.74) is 0.900. The Morgan fingerprint density at radius 3 is 2.21 bits per heavy atom. The molecule has 0 bridgehead atoms. The molecule has 0 unspecified atom stereocenters. The highest BCUT2D eigenvalue weighted by molar-refractivity contribution is 7.89. The third-order valence-corrected chi connectivity index (χ3v) is 2.83. The van der Waals surface area contributed by atoms with E-state index in [0.717, 1.165) is 5.69 Å². The summed E-state index contributed by atoms with van der Waals surface area (Å²) < 4.78 is 22.7. The van der Waals surface area contributed by atoms with E-state index in [9.17, 15) is 8.42 Å². The van der Waals surface area contributed by atoms with Crippen molar-refractivity contribution in [3.05, 3.63) is 24.3 Å². The number of primary sulfonamides is 1. The molecule has 1 aromatic carbocycles. The molecule has 1 aromatic rings. The van der Waals surface area contributed by atoms with Crippen LogP contribution in [0.15, 0.2) is 29.2 Å². The van der Waals surface area contributed by atoms with Gasteiger partial charge >= 0.3 is 0 Å². The Bertz CT molecular complexity index is 432. The zero-order valence-electron chi connectivity index (χ0n) is 8.56. The van der Waals surface area contributed by atoms with Crippen molar-refractivity contribution in [2.24, 2.45) is 5.14 Å². The first-order valence-electron chi connectivity index (χ1n) is 4.16. The Labute approximate surface area is 84.6 Å². The summed E-state index contributed by atoms with van der Waals surface area (Å²) >= 11 is 0. The quantitative estimate of drug-likeness (QED) is 0.732. The maximum absolute atomic E-state index is 11.1. The van der Waals surface area contributed by atoms with Crippen LogP contribution in [-0.4, -0.2) is 29.6 Å². The van der Waals surface area contributed by atoms with Gasteiger partial charge in [0, 0.05) is 6.07 Å². The lowest BCUT2D eigenvalue weighted by molar-refractivity contribution is 0.485. The van der Waals surface area contributed by atoms with Gasteiger partial charge in [-0.15, -0.1) is 0 Å². The van der Waals surface area contributed by atoms with Crippen molar-refractivity contribution in [2.75, 3.05) is 21.1 Å². The normalized spacial score (nSPS) is 12.9. The molecule has 0 aliphatic heterocycles. The predicted molar refractivity (Wildman–Crippen MR) is 57.4 cm³/mol. The van der Waals surface area contributed by atoms with Gasteiger partial charge in [0.1, 0.15) is 5.69 Å². The van der Waals surface area contributed by atoms with Crippen molar-refractivity contribution < 1.29 is 8.42 Å². The van der Waals surface area contributed by atoms with Gasteiger partial charge in [-0.25, -0.2) is 13.6 Å². The molecule has 1 rings (SSSR count). The number of hydrogen-bond donors (Lipinski definition) is 1. The van der Waals surface area contributed by atoms with E-state index in [2.05, 4.69) is 0 Å². The maximum atomic E-state index is 11.1. The lowest BCUT2D eigenvalue weighted by Crippen LogP contribution is -2.34. The smallest absolute Gasteiger partial charge is 0.238 e. The lowest BCUT2D eigenvalue weighted by Gasteiger charge is -2.23. The van der Waals surface area contributed by atoms with Crippen LogP contribution in [0.2, 0.25) is 0 Å². The van der Waals surface area contributed by atoms with Crippen LogP contribution in [0.5, 0.6) is 0 Å². The van der Waals surface area contributed by atoms with Crippen molar-refractivity contribution in [2.45, 2.75) is 4.90 Å². The summed E-state index contributed by atoms with van der Waals surface area (Å²) in [5, 5.41) is 5.03. The molecule has 78 valence electrons. The summed E-state index contributed by atoms with van der Waals surface area (Å²) in [6, 6.07) is 6.65. The third-order valence-electron chi connectivity index (χ3n) is 1.92. The van der Waals surface area contributed by atoms with E-state index in [1.807, 2.05) is 27.2 Å². The molecule has 0 fully saturated rings. The SMILES string of the molecule is C[N+](C)(C)c1cccc(S(N)(=O)=O)c1. The summed E-state index contributed by atoms with van der Waals surface area (Å²) in [6.45, 7) is 0. The summed E-state index contributed by atoms with van der Waals surface area (Å²) in [5.74, 6) is 0. The molecule has 0 spiro atoms. The summed E-state index contributed by atoms with van der Waals surface area (Å²) in [4.78, 5) is 0.156. The van der Waals surface area contributed by atoms with Crippen LogP contribution >= 0.6 is 0 Å². The van der Waals surface area contributed by atoms with Crippen molar-refractivity contribution in [1.82, 2.24) is 4.48 Å². The van der Waals surface area contributed by atoms with Crippen LogP contribution < -0.4 is 9.62 Å². The molecule has 5 heteroatoms. The number of quaternary nitrogens is 1. The number of nitrogens with zero attached hydrogens (tertiary/aromatic N) is 1. The maximum Gasteiger partial charge on any atom is 0.238 e. The molecule has 14 heavy (non-hydrogen) atoms. The van der Waals surface area contributed by atoms with Crippen molar-refractivity contribution >= 4 is 15.7 Å². The van der Waals surface area contributed by atoms with E-state index in [1.54, 1.807) is 12.1 Å². The highest BCUT2D eigenvalue weighted by Crippen LogP contribution is 2.19. The van der Waals surface area contributed by atoms with Crippen LogP contribution in [0, 0.1) is 0 Å². The average Bonchev–Trinajstić information content (AvgIpc) is 2.01. The average molecular weight is 215 g/mol.